The molecule has 6 heteroatoms. The lowest BCUT2D eigenvalue weighted by Crippen LogP contribution is -1.87. The van der Waals surface area contributed by atoms with Crippen LogP contribution in [0.25, 0.3) is 34.0 Å². The zero-order valence-electron chi connectivity index (χ0n) is 11.2. The summed E-state index contributed by atoms with van der Waals surface area (Å²) >= 11 is 0. The summed E-state index contributed by atoms with van der Waals surface area (Å²) in [5.41, 5.74) is 3.62. The lowest BCUT2D eigenvalue weighted by atomic mass is 10.2. The molecule has 3 aromatic heterocycles. The number of benzene rings is 1. The topological polar surface area (TPSA) is 80.5 Å². The predicted molar refractivity (Wildman–Crippen MR) is 77.4 cm³/mol. The lowest BCUT2D eigenvalue weighted by molar-refractivity contribution is 0.431. The maximum atomic E-state index is 5.30. The number of rotatable bonds is 2. The van der Waals surface area contributed by atoms with Crippen molar-refractivity contribution in [3.05, 3.63) is 48.2 Å². The monoisotopic (exact) mass is 277 g/mol. The van der Waals surface area contributed by atoms with Gasteiger partial charge in [0.25, 0.3) is 5.89 Å². The van der Waals surface area contributed by atoms with Crippen LogP contribution in [0.3, 0.4) is 0 Å². The molecule has 0 spiro atoms. The fourth-order valence-corrected chi connectivity index (χ4v) is 2.22. The minimum absolute atomic E-state index is 0.424. The zero-order chi connectivity index (χ0) is 14.2. The largest absolute Gasteiger partial charge is 0.351 e. The van der Waals surface area contributed by atoms with E-state index in [9.17, 15) is 0 Å². The number of nitrogens with one attached hydrogen (secondary N) is 1. The van der Waals surface area contributed by atoms with Gasteiger partial charge in [0.1, 0.15) is 11.4 Å². The van der Waals surface area contributed by atoms with E-state index in [4.69, 9.17) is 4.52 Å². The highest BCUT2D eigenvalue weighted by Crippen LogP contribution is 2.25. The standard InChI is InChI=1S/C15H11N5O/c1-9-4-5-11-10(7-9)8-13(17-11)15-18-14(20-21-15)12-3-2-6-16-19-12/h2-8,17H,1H3. The minimum atomic E-state index is 0.424. The third-order valence-corrected chi connectivity index (χ3v) is 3.23. The van der Waals surface area contributed by atoms with Gasteiger partial charge in [-0.05, 0) is 37.3 Å². The summed E-state index contributed by atoms with van der Waals surface area (Å²) in [5, 5.41) is 12.8. The normalized spacial score (nSPS) is 11.1. The van der Waals surface area contributed by atoms with Crippen molar-refractivity contribution in [3.8, 4) is 23.1 Å². The predicted octanol–water partition coefficient (Wildman–Crippen LogP) is 2.98. The van der Waals surface area contributed by atoms with Crippen LogP contribution in [-0.2, 0) is 0 Å². The van der Waals surface area contributed by atoms with Crippen molar-refractivity contribution in [2.75, 3.05) is 0 Å². The smallest absolute Gasteiger partial charge is 0.274 e. The van der Waals surface area contributed by atoms with E-state index in [1.807, 2.05) is 12.1 Å². The fourth-order valence-electron chi connectivity index (χ4n) is 2.22. The Kier molecular flexibility index (Phi) is 2.53. The van der Waals surface area contributed by atoms with Gasteiger partial charge in [-0.3, -0.25) is 0 Å². The number of hydrogen-bond donors (Lipinski definition) is 1. The molecule has 102 valence electrons. The molecule has 4 aromatic rings. The Morgan fingerprint density at radius 3 is 2.95 bits per heavy atom. The van der Waals surface area contributed by atoms with E-state index in [0.717, 1.165) is 16.6 Å². The average molecular weight is 277 g/mol. The number of hydrogen-bond acceptors (Lipinski definition) is 5. The van der Waals surface area contributed by atoms with E-state index in [0.29, 0.717) is 17.4 Å². The SMILES string of the molecule is Cc1ccc2[nH]c(-c3nc(-c4cccnn4)no3)cc2c1. The highest BCUT2D eigenvalue weighted by Gasteiger charge is 2.13. The van der Waals surface area contributed by atoms with E-state index in [1.165, 1.54) is 5.56 Å². The molecule has 0 aliphatic heterocycles. The van der Waals surface area contributed by atoms with Crippen LogP contribution in [-0.4, -0.2) is 25.3 Å². The third-order valence-electron chi connectivity index (χ3n) is 3.23. The molecule has 0 aliphatic rings. The van der Waals surface area contributed by atoms with Crippen LogP contribution in [0, 0.1) is 6.92 Å². The first-order valence-corrected chi connectivity index (χ1v) is 6.51. The molecule has 6 nitrogen and oxygen atoms in total. The summed E-state index contributed by atoms with van der Waals surface area (Å²) in [5.74, 6) is 0.859. The second-order valence-corrected chi connectivity index (χ2v) is 4.81. The molecule has 21 heavy (non-hydrogen) atoms. The number of aromatic nitrogens is 5. The quantitative estimate of drug-likeness (QED) is 0.609. The van der Waals surface area contributed by atoms with Crippen LogP contribution in [0.5, 0.6) is 0 Å². The average Bonchev–Trinajstić information content (AvgIpc) is 3.14. The Morgan fingerprint density at radius 1 is 1.14 bits per heavy atom. The van der Waals surface area contributed by atoms with Gasteiger partial charge >= 0.3 is 0 Å². The van der Waals surface area contributed by atoms with E-state index < -0.39 is 0 Å². The summed E-state index contributed by atoms with van der Waals surface area (Å²) < 4.78 is 5.30. The summed E-state index contributed by atoms with van der Waals surface area (Å²) in [7, 11) is 0. The molecule has 0 saturated carbocycles. The van der Waals surface area contributed by atoms with Crippen LogP contribution in [0.2, 0.25) is 0 Å². The van der Waals surface area contributed by atoms with Gasteiger partial charge < -0.3 is 9.51 Å². The minimum Gasteiger partial charge on any atom is -0.351 e. The van der Waals surface area contributed by atoms with Crippen molar-refractivity contribution in [1.82, 2.24) is 25.3 Å². The van der Waals surface area contributed by atoms with Crippen LogP contribution in [0.4, 0.5) is 0 Å². The van der Waals surface area contributed by atoms with E-state index in [1.54, 1.807) is 18.3 Å². The molecule has 0 unspecified atom stereocenters. The number of nitrogens with zero attached hydrogens (tertiary/aromatic N) is 4. The highest BCUT2D eigenvalue weighted by molar-refractivity contribution is 5.85. The number of H-pyrrole nitrogens is 1. The molecule has 0 amide bonds. The van der Waals surface area contributed by atoms with Crippen molar-refractivity contribution in [1.29, 1.82) is 0 Å². The Bertz CT molecular complexity index is 910. The first kappa shape index (κ1) is 11.8. The lowest BCUT2D eigenvalue weighted by Gasteiger charge is -1.90. The summed E-state index contributed by atoms with van der Waals surface area (Å²) in [4.78, 5) is 7.63. The van der Waals surface area contributed by atoms with E-state index in [-0.39, 0.29) is 0 Å². The third kappa shape index (κ3) is 2.06. The molecule has 0 bridgehead atoms. The molecule has 0 fully saturated rings. The van der Waals surface area contributed by atoms with Crippen molar-refractivity contribution >= 4 is 10.9 Å². The molecule has 0 radical (unpaired) electrons. The van der Waals surface area contributed by atoms with Crippen molar-refractivity contribution in [2.24, 2.45) is 0 Å². The maximum Gasteiger partial charge on any atom is 0.274 e. The first-order valence-electron chi connectivity index (χ1n) is 6.51. The Labute approximate surface area is 119 Å². The molecular formula is C15H11N5O. The zero-order valence-corrected chi connectivity index (χ0v) is 11.2. The molecule has 0 aliphatic carbocycles. The van der Waals surface area contributed by atoms with Crippen LogP contribution in [0.1, 0.15) is 5.56 Å². The molecular weight excluding hydrogens is 266 g/mol. The van der Waals surface area contributed by atoms with E-state index in [2.05, 4.69) is 44.4 Å². The van der Waals surface area contributed by atoms with Crippen molar-refractivity contribution in [3.63, 3.8) is 0 Å². The van der Waals surface area contributed by atoms with Crippen LogP contribution in [0.15, 0.2) is 47.1 Å². The molecule has 0 saturated heterocycles. The van der Waals surface area contributed by atoms with Crippen molar-refractivity contribution < 1.29 is 4.52 Å². The number of aromatic amines is 1. The van der Waals surface area contributed by atoms with Gasteiger partial charge in [-0.1, -0.05) is 16.8 Å². The van der Waals surface area contributed by atoms with Crippen LogP contribution < -0.4 is 0 Å². The summed E-state index contributed by atoms with van der Waals surface area (Å²) in [6.45, 7) is 2.06. The summed E-state index contributed by atoms with van der Waals surface area (Å²) in [6.07, 6.45) is 1.60. The van der Waals surface area contributed by atoms with Gasteiger partial charge in [-0.15, -0.1) is 5.10 Å². The molecule has 1 N–H and O–H groups in total. The molecule has 3 heterocycles. The number of aryl methyl sites for hydroxylation is 1. The van der Waals surface area contributed by atoms with Crippen LogP contribution >= 0.6 is 0 Å². The summed E-state index contributed by atoms with van der Waals surface area (Å²) in [6, 6.07) is 11.8. The van der Waals surface area contributed by atoms with Gasteiger partial charge in [0.05, 0.1) is 0 Å². The van der Waals surface area contributed by atoms with Gasteiger partial charge in [0.2, 0.25) is 5.82 Å². The molecule has 1 aromatic carbocycles. The Morgan fingerprint density at radius 2 is 2.10 bits per heavy atom. The van der Waals surface area contributed by atoms with Gasteiger partial charge in [0, 0.05) is 17.1 Å². The first-order chi connectivity index (χ1) is 10.3. The Hall–Kier alpha value is -3.02. The van der Waals surface area contributed by atoms with E-state index >= 15 is 0 Å². The second kappa shape index (κ2) is 4.52. The van der Waals surface area contributed by atoms with Crippen molar-refractivity contribution in [2.45, 2.75) is 6.92 Å². The Balaban J connectivity index is 1.77. The maximum absolute atomic E-state index is 5.30. The fraction of sp³-hybridized carbons (Fsp3) is 0.0667. The van der Waals surface area contributed by atoms with Gasteiger partial charge in [-0.25, -0.2) is 0 Å². The van der Waals surface area contributed by atoms with Gasteiger partial charge in [0.15, 0.2) is 0 Å². The number of fused-ring (bicyclic) bond motifs is 1. The molecule has 0 atom stereocenters. The second-order valence-electron chi connectivity index (χ2n) is 4.81. The highest BCUT2D eigenvalue weighted by atomic mass is 16.5. The molecule has 4 rings (SSSR count). The van der Waals surface area contributed by atoms with Gasteiger partial charge in [-0.2, -0.15) is 10.1 Å².